The quantitative estimate of drug-likeness (QED) is 0.857. The molecule has 5 heteroatoms. The van der Waals surface area contributed by atoms with E-state index in [0.717, 1.165) is 69.3 Å². The van der Waals surface area contributed by atoms with Crippen molar-refractivity contribution in [3.63, 3.8) is 0 Å². The van der Waals surface area contributed by atoms with Gasteiger partial charge in [0.2, 0.25) is 0 Å². The standard InChI is InChI=1S/C15H22N2O3/c16-13-5-4-12(20-15-3-1-2-8-19-15)11-14(13)17-6-9-18-10-7-17/h4-5,11,15H,1-3,6-10,16H2. The van der Waals surface area contributed by atoms with Crippen molar-refractivity contribution in [2.75, 3.05) is 43.5 Å². The van der Waals surface area contributed by atoms with Gasteiger partial charge in [-0.3, -0.25) is 0 Å². The van der Waals surface area contributed by atoms with Crippen molar-refractivity contribution in [1.29, 1.82) is 0 Å². The largest absolute Gasteiger partial charge is 0.465 e. The van der Waals surface area contributed by atoms with Gasteiger partial charge in [0.1, 0.15) is 5.75 Å². The fourth-order valence-corrected chi connectivity index (χ4v) is 2.63. The van der Waals surface area contributed by atoms with Crippen LogP contribution in [0.1, 0.15) is 19.3 Å². The molecule has 5 nitrogen and oxygen atoms in total. The summed E-state index contributed by atoms with van der Waals surface area (Å²) in [6, 6.07) is 5.83. The molecule has 2 saturated heterocycles. The molecule has 1 aromatic carbocycles. The first-order valence-electron chi connectivity index (χ1n) is 7.33. The number of rotatable bonds is 3. The summed E-state index contributed by atoms with van der Waals surface area (Å²) in [5.74, 6) is 0.826. The summed E-state index contributed by atoms with van der Waals surface area (Å²) in [6.07, 6.45) is 3.12. The lowest BCUT2D eigenvalue weighted by atomic mass is 10.2. The maximum Gasteiger partial charge on any atom is 0.199 e. The van der Waals surface area contributed by atoms with E-state index in [2.05, 4.69) is 4.90 Å². The zero-order valence-electron chi connectivity index (χ0n) is 11.7. The van der Waals surface area contributed by atoms with E-state index in [1.165, 1.54) is 0 Å². The first-order chi connectivity index (χ1) is 9.83. The number of hydrogen-bond donors (Lipinski definition) is 1. The average Bonchev–Trinajstić information content (AvgIpc) is 2.51. The molecule has 0 bridgehead atoms. The second kappa shape index (κ2) is 6.33. The topological polar surface area (TPSA) is 57.0 Å². The maximum atomic E-state index is 6.08. The van der Waals surface area contributed by atoms with Crippen LogP contribution in [0.25, 0.3) is 0 Å². The molecule has 0 aromatic heterocycles. The SMILES string of the molecule is Nc1ccc(OC2CCCCO2)cc1N1CCOCC1. The van der Waals surface area contributed by atoms with Crippen molar-refractivity contribution in [2.24, 2.45) is 0 Å². The predicted octanol–water partition coefficient (Wildman–Crippen LogP) is 2.01. The molecule has 0 aliphatic carbocycles. The predicted molar refractivity (Wildman–Crippen MR) is 78.1 cm³/mol. The van der Waals surface area contributed by atoms with Crippen molar-refractivity contribution in [2.45, 2.75) is 25.6 Å². The zero-order valence-corrected chi connectivity index (χ0v) is 11.7. The molecule has 0 saturated carbocycles. The van der Waals surface area contributed by atoms with Gasteiger partial charge in [0.15, 0.2) is 6.29 Å². The number of morpholine rings is 1. The Bertz CT molecular complexity index is 441. The summed E-state index contributed by atoms with van der Waals surface area (Å²) in [7, 11) is 0. The fourth-order valence-electron chi connectivity index (χ4n) is 2.63. The van der Waals surface area contributed by atoms with Crippen molar-refractivity contribution in [3.8, 4) is 5.75 Å². The van der Waals surface area contributed by atoms with E-state index in [0.29, 0.717) is 0 Å². The van der Waals surface area contributed by atoms with Crippen molar-refractivity contribution >= 4 is 11.4 Å². The highest BCUT2D eigenvalue weighted by Crippen LogP contribution is 2.30. The highest BCUT2D eigenvalue weighted by molar-refractivity contribution is 5.69. The Morgan fingerprint density at radius 3 is 2.75 bits per heavy atom. The molecule has 0 spiro atoms. The van der Waals surface area contributed by atoms with Crippen LogP contribution in [0.4, 0.5) is 11.4 Å². The van der Waals surface area contributed by atoms with E-state index in [-0.39, 0.29) is 6.29 Å². The van der Waals surface area contributed by atoms with Crippen LogP contribution in [0.3, 0.4) is 0 Å². The van der Waals surface area contributed by atoms with E-state index < -0.39 is 0 Å². The minimum atomic E-state index is -0.120. The van der Waals surface area contributed by atoms with E-state index in [1.54, 1.807) is 0 Å². The molecule has 3 rings (SSSR count). The van der Waals surface area contributed by atoms with Crippen LogP contribution < -0.4 is 15.4 Å². The molecule has 2 heterocycles. The number of benzene rings is 1. The molecule has 1 atom stereocenters. The van der Waals surface area contributed by atoms with Crippen LogP contribution in [-0.4, -0.2) is 39.2 Å². The Morgan fingerprint density at radius 2 is 2.00 bits per heavy atom. The van der Waals surface area contributed by atoms with Crippen LogP contribution in [-0.2, 0) is 9.47 Å². The second-order valence-corrected chi connectivity index (χ2v) is 5.23. The van der Waals surface area contributed by atoms with Gasteiger partial charge in [-0.15, -0.1) is 0 Å². The molecule has 2 aliphatic rings. The molecular formula is C15H22N2O3. The summed E-state index contributed by atoms with van der Waals surface area (Å²) < 4.78 is 16.9. The number of nitrogen functional groups attached to an aromatic ring is 1. The van der Waals surface area contributed by atoms with Crippen LogP contribution in [0, 0.1) is 0 Å². The van der Waals surface area contributed by atoms with E-state index in [1.807, 2.05) is 18.2 Å². The molecule has 2 aliphatic heterocycles. The zero-order chi connectivity index (χ0) is 13.8. The fraction of sp³-hybridized carbons (Fsp3) is 0.600. The number of nitrogens with two attached hydrogens (primary N) is 1. The van der Waals surface area contributed by atoms with Gasteiger partial charge >= 0.3 is 0 Å². The molecule has 20 heavy (non-hydrogen) atoms. The summed E-state index contributed by atoms with van der Waals surface area (Å²) in [4.78, 5) is 2.24. The molecule has 2 N–H and O–H groups in total. The molecule has 0 amide bonds. The number of anilines is 2. The maximum absolute atomic E-state index is 6.08. The van der Waals surface area contributed by atoms with Crippen LogP contribution in [0.15, 0.2) is 18.2 Å². The third kappa shape index (κ3) is 3.16. The summed E-state index contributed by atoms with van der Waals surface area (Å²) in [6.45, 7) is 4.02. The van der Waals surface area contributed by atoms with Crippen LogP contribution in [0.2, 0.25) is 0 Å². The Kier molecular flexibility index (Phi) is 4.28. The summed E-state index contributed by atoms with van der Waals surface area (Å²) >= 11 is 0. The van der Waals surface area contributed by atoms with Gasteiger partial charge < -0.3 is 24.8 Å². The smallest absolute Gasteiger partial charge is 0.199 e. The van der Waals surface area contributed by atoms with Crippen LogP contribution in [0.5, 0.6) is 5.75 Å². The van der Waals surface area contributed by atoms with Crippen molar-refractivity contribution < 1.29 is 14.2 Å². The van der Waals surface area contributed by atoms with E-state index in [4.69, 9.17) is 19.9 Å². The van der Waals surface area contributed by atoms with Gasteiger partial charge in [-0.25, -0.2) is 0 Å². The molecule has 110 valence electrons. The average molecular weight is 278 g/mol. The van der Waals surface area contributed by atoms with E-state index in [9.17, 15) is 0 Å². The van der Waals surface area contributed by atoms with Gasteiger partial charge in [0.05, 0.1) is 31.2 Å². The molecule has 0 radical (unpaired) electrons. The third-order valence-corrected chi connectivity index (χ3v) is 3.76. The lowest BCUT2D eigenvalue weighted by Crippen LogP contribution is -2.36. The third-order valence-electron chi connectivity index (χ3n) is 3.76. The highest BCUT2D eigenvalue weighted by Gasteiger charge is 2.18. The number of nitrogens with zero attached hydrogens (tertiary/aromatic N) is 1. The number of hydrogen-bond acceptors (Lipinski definition) is 5. The Balaban J connectivity index is 1.71. The van der Waals surface area contributed by atoms with Gasteiger partial charge in [-0.05, 0) is 25.0 Å². The second-order valence-electron chi connectivity index (χ2n) is 5.23. The molecule has 1 unspecified atom stereocenters. The van der Waals surface area contributed by atoms with Crippen molar-refractivity contribution in [3.05, 3.63) is 18.2 Å². The van der Waals surface area contributed by atoms with Gasteiger partial charge in [0, 0.05) is 25.6 Å². The van der Waals surface area contributed by atoms with E-state index >= 15 is 0 Å². The highest BCUT2D eigenvalue weighted by atomic mass is 16.7. The minimum Gasteiger partial charge on any atom is -0.465 e. The van der Waals surface area contributed by atoms with Gasteiger partial charge in [0.25, 0.3) is 0 Å². The Hall–Kier alpha value is -1.46. The summed E-state index contributed by atoms with van der Waals surface area (Å²) in [5, 5.41) is 0. The van der Waals surface area contributed by atoms with Gasteiger partial charge in [-0.2, -0.15) is 0 Å². The lowest BCUT2D eigenvalue weighted by Gasteiger charge is -2.30. The first kappa shape index (κ1) is 13.5. The number of ether oxygens (including phenoxy) is 3. The Morgan fingerprint density at radius 1 is 1.15 bits per heavy atom. The minimum absolute atomic E-state index is 0.120. The first-order valence-corrected chi connectivity index (χ1v) is 7.33. The molecule has 2 fully saturated rings. The van der Waals surface area contributed by atoms with Gasteiger partial charge in [-0.1, -0.05) is 0 Å². The van der Waals surface area contributed by atoms with Crippen LogP contribution >= 0.6 is 0 Å². The normalized spacial score (nSPS) is 23.6. The van der Waals surface area contributed by atoms with Crippen molar-refractivity contribution in [1.82, 2.24) is 0 Å². The summed E-state index contributed by atoms with van der Waals surface area (Å²) in [5.41, 5.74) is 7.89. The Labute approximate surface area is 119 Å². The molecular weight excluding hydrogens is 256 g/mol. The lowest BCUT2D eigenvalue weighted by molar-refractivity contribution is -0.105. The molecule has 1 aromatic rings. The monoisotopic (exact) mass is 278 g/mol.